The van der Waals surface area contributed by atoms with Crippen molar-refractivity contribution in [2.45, 2.75) is 38.1 Å². The predicted molar refractivity (Wildman–Crippen MR) is 102 cm³/mol. The Labute approximate surface area is 159 Å². The highest BCUT2D eigenvalue weighted by Gasteiger charge is 2.26. The van der Waals surface area contributed by atoms with Gasteiger partial charge in [-0.1, -0.05) is 30.3 Å². The molecule has 1 N–H and O–H groups in total. The number of aryl methyl sites for hydroxylation is 1. The lowest BCUT2D eigenvalue weighted by Crippen LogP contribution is -2.49. The third-order valence-corrected chi connectivity index (χ3v) is 5.89. The predicted octanol–water partition coefficient (Wildman–Crippen LogP) is 2.20. The quantitative estimate of drug-likeness (QED) is 0.781. The van der Waals surface area contributed by atoms with Gasteiger partial charge in [0.05, 0.1) is 12.5 Å². The minimum Gasteiger partial charge on any atom is -0.441 e. The van der Waals surface area contributed by atoms with Crippen LogP contribution in [0.5, 0.6) is 0 Å². The van der Waals surface area contributed by atoms with Crippen molar-refractivity contribution in [2.24, 2.45) is 0 Å². The van der Waals surface area contributed by atoms with E-state index < -0.39 is 10.0 Å². The summed E-state index contributed by atoms with van der Waals surface area (Å²) in [6.07, 6.45) is 6.04. The monoisotopic (exact) mass is 391 g/mol. The molecule has 27 heavy (non-hydrogen) atoms. The van der Waals surface area contributed by atoms with Crippen LogP contribution in [0.15, 0.2) is 40.9 Å². The lowest BCUT2D eigenvalue weighted by Gasteiger charge is -2.31. The van der Waals surface area contributed by atoms with Crippen LogP contribution in [0.3, 0.4) is 0 Å². The largest absolute Gasteiger partial charge is 0.441 e. The van der Waals surface area contributed by atoms with Gasteiger partial charge in [-0.05, 0) is 19.3 Å². The molecule has 1 saturated heterocycles. The topological polar surface area (TPSA) is 92.5 Å². The molecule has 1 aromatic carbocycles. The number of sulfonamides is 1. The summed E-state index contributed by atoms with van der Waals surface area (Å²) < 4.78 is 30.5. The van der Waals surface area contributed by atoms with Gasteiger partial charge in [-0.2, -0.15) is 0 Å². The highest BCUT2D eigenvalue weighted by atomic mass is 32.2. The van der Waals surface area contributed by atoms with Crippen molar-refractivity contribution in [1.29, 1.82) is 0 Å². The van der Waals surface area contributed by atoms with Gasteiger partial charge in [0.1, 0.15) is 0 Å². The van der Waals surface area contributed by atoms with E-state index in [9.17, 15) is 13.2 Å². The number of hydrogen-bond donors (Lipinski definition) is 1. The zero-order chi connectivity index (χ0) is 19.3. The molecule has 146 valence electrons. The van der Waals surface area contributed by atoms with E-state index >= 15 is 0 Å². The molecule has 0 bridgehead atoms. The molecular formula is C19H25N3O4S. The molecule has 3 rings (SSSR count). The molecule has 1 aliphatic heterocycles. The number of oxazole rings is 1. The van der Waals surface area contributed by atoms with E-state index in [0.717, 1.165) is 24.2 Å². The van der Waals surface area contributed by atoms with E-state index in [2.05, 4.69) is 10.3 Å². The second kappa shape index (κ2) is 8.67. The summed E-state index contributed by atoms with van der Waals surface area (Å²) in [5.74, 6) is 1.27. The minimum absolute atomic E-state index is 0.0646. The van der Waals surface area contributed by atoms with Crippen LogP contribution in [0, 0.1) is 0 Å². The van der Waals surface area contributed by atoms with Crippen LogP contribution < -0.4 is 5.32 Å². The summed E-state index contributed by atoms with van der Waals surface area (Å²) in [6, 6.07) is 9.63. The maximum Gasteiger partial charge on any atom is 0.220 e. The Balaban J connectivity index is 1.43. The second-order valence-electron chi connectivity index (χ2n) is 6.87. The highest BCUT2D eigenvalue weighted by Crippen LogP contribution is 2.20. The summed E-state index contributed by atoms with van der Waals surface area (Å²) >= 11 is 0. The fourth-order valence-electron chi connectivity index (χ4n) is 3.22. The first kappa shape index (κ1) is 19.6. The van der Waals surface area contributed by atoms with Gasteiger partial charge in [-0.25, -0.2) is 17.7 Å². The van der Waals surface area contributed by atoms with Crippen LogP contribution in [0.4, 0.5) is 0 Å². The summed E-state index contributed by atoms with van der Waals surface area (Å²) in [7, 11) is -3.21. The third kappa shape index (κ3) is 5.64. The minimum atomic E-state index is -3.21. The van der Waals surface area contributed by atoms with Crippen LogP contribution in [0.25, 0.3) is 11.3 Å². The Morgan fingerprint density at radius 2 is 2.11 bits per heavy atom. The zero-order valence-corrected chi connectivity index (χ0v) is 16.2. The van der Waals surface area contributed by atoms with E-state index in [1.165, 1.54) is 10.6 Å². The Morgan fingerprint density at radius 3 is 2.85 bits per heavy atom. The van der Waals surface area contributed by atoms with Crippen molar-refractivity contribution in [3.8, 4) is 11.3 Å². The van der Waals surface area contributed by atoms with Crippen LogP contribution in [-0.2, 0) is 21.2 Å². The molecule has 0 aliphatic carbocycles. The molecule has 2 heterocycles. The Kier molecular flexibility index (Phi) is 6.28. The number of piperidine rings is 1. The summed E-state index contributed by atoms with van der Waals surface area (Å²) in [5, 5.41) is 2.94. The highest BCUT2D eigenvalue weighted by molar-refractivity contribution is 7.88. The number of rotatable bonds is 7. The molecular weight excluding hydrogens is 366 g/mol. The van der Waals surface area contributed by atoms with Crippen LogP contribution in [-0.4, -0.2) is 49.0 Å². The summed E-state index contributed by atoms with van der Waals surface area (Å²) in [6.45, 7) is 0.879. The molecule has 1 atom stereocenters. The second-order valence-corrected chi connectivity index (χ2v) is 8.85. The lowest BCUT2D eigenvalue weighted by molar-refractivity contribution is -0.122. The molecule has 0 saturated carbocycles. The number of benzene rings is 1. The average Bonchev–Trinajstić information content (AvgIpc) is 3.11. The van der Waals surface area contributed by atoms with E-state index in [0.29, 0.717) is 38.2 Å². The van der Waals surface area contributed by atoms with Crippen LogP contribution in [0.2, 0.25) is 0 Å². The van der Waals surface area contributed by atoms with Crippen molar-refractivity contribution >= 4 is 15.9 Å². The van der Waals surface area contributed by atoms with Crippen molar-refractivity contribution in [3.05, 3.63) is 42.4 Å². The Hall–Kier alpha value is -2.19. The average molecular weight is 391 g/mol. The summed E-state index contributed by atoms with van der Waals surface area (Å²) in [5.41, 5.74) is 0.974. The summed E-state index contributed by atoms with van der Waals surface area (Å²) in [4.78, 5) is 16.4. The lowest BCUT2D eigenvalue weighted by atomic mass is 10.1. The smallest absolute Gasteiger partial charge is 0.220 e. The van der Waals surface area contributed by atoms with Gasteiger partial charge in [0, 0.05) is 37.5 Å². The zero-order valence-electron chi connectivity index (χ0n) is 15.4. The fraction of sp³-hybridized carbons (Fsp3) is 0.474. The van der Waals surface area contributed by atoms with E-state index in [-0.39, 0.29) is 11.9 Å². The molecule has 7 nitrogen and oxygen atoms in total. The maximum absolute atomic E-state index is 12.2. The molecule has 0 spiro atoms. The fourth-order valence-corrected chi connectivity index (χ4v) is 4.13. The van der Waals surface area contributed by atoms with Crippen molar-refractivity contribution in [1.82, 2.24) is 14.6 Å². The number of amides is 1. The first-order chi connectivity index (χ1) is 12.9. The Bertz CT molecular complexity index is 864. The van der Waals surface area contributed by atoms with Gasteiger partial charge in [0.2, 0.25) is 15.9 Å². The third-order valence-electron chi connectivity index (χ3n) is 4.62. The van der Waals surface area contributed by atoms with Gasteiger partial charge < -0.3 is 9.73 Å². The maximum atomic E-state index is 12.2. The van der Waals surface area contributed by atoms with Gasteiger partial charge in [-0.3, -0.25) is 4.79 Å². The molecule has 0 radical (unpaired) electrons. The van der Waals surface area contributed by atoms with Crippen molar-refractivity contribution in [2.75, 3.05) is 19.3 Å². The normalized spacial score (nSPS) is 18.3. The van der Waals surface area contributed by atoms with E-state index in [1.807, 2.05) is 30.3 Å². The first-order valence-corrected chi connectivity index (χ1v) is 11.0. The molecule has 1 unspecified atom stereocenters. The molecule has 1 aliphatic rings. The number of carbonyl (C=O) groups excluding carboxylic acids is 1. The molecule has 2 aromatic rings. The number of carbonyl (C=O) groups is 1. The standard InChI is InChI=1S/C19H25N3O4S/c1-27(24,25)22-12-6-9-16(14-22)21-18(23)10-5-11-19-20-13-17(26-19)15-7-3-2-4-8-15/h2-4,7-8,13,16H,5-6,9-12,14H2,1H3,(H,21,23). The van der Waals surface area contributed by atoms with Gasteiger partial charge in [0.15, 0.2) is 11.7 Å². The van der Waals surface area contributed by atoms with Gasteiger partial charge >= 0.3 is 0 Å². The molecule has 1 aromatic heterocycles. The molecule has 1 fully saturated rings. The van der Waals surface area contributed by atoms with Gasteiger partial charge in [-0.15, -0.1) is 0 Å². The van der Waals surface area contributed by atoms with Crippen molar-refractivity contribution < 1.29 is 17.6 Å². The molecule has 8 heteroatoms. The van der Waals surface area contributed by atoms with Crippen molar-refractivity contribution in [3.63, 3.8) is 0 Å². The van der Waals surface area contributed by atoms with E-state index in [1.54, 1.807) is 6.20 Å². The van der Waals surface area contributed by atoms with E-state index in [4.69, 9.17) is 4.42 Å². The number of hydrogen-bond acceptors (Lipinski definition) is 5. The molecule has 1 amide bonds. The Morgan fingerprint density at radius 1 is 1.33 bits per heavy atom. The van der Waals surface area contributed by atoms with Crippen LogP contribution >= 0.6 is 0 Å². The number of nitrogens with zero attached hydrogens (tertiary/aromatic N) is 2. The number of nitrogens with one attached hydrogen (secondary N) is 1. The number of aromatic nitrogens is 1. The van der Waals surface area contributed by atoms with Gasteiger partial charge in [0.25, 0.3) is 0 Å². The van der Waals surface area contributed by atoms with Crippen LogP contribution in [0.1, 0.15) is 31.6 Å². The SMILES string of the molecule is CS(=O)(=O)N1CCCC(NC(=O)CCCc2ncc(-c3ccccc3)o2)C1. The first-order valence-electron chi connectivity index (χ1n) is 9.16.